The fourth-order valence-corrected chi connectivity index (χ4v) is 1.46. The van der Waals surface area contributed by atoms with Crippen LogP contribution in [0.5, 0.6) is 0 Å². The van der Waals surface area contributed by atoms with Gasteiger partial charge in [-0.2, -0.15) is 5.10 Å². The van der Waals surface area contributed by atoms with Crippen LogP contribution in [0.15, 0.2) is 17.8 Å². The average Bonchev–Trinajstić information content (AvgIpc) is 2.57. The molecule has 0 atom stereocenters. The van der Waals surface area contributed by atoms with Crippen molar-refractivity contribution in [3.05, 3.63) is 29.2 Å². The Hall–Kier alpha value is -2.11. The number of rotatable bonds is 4. The molecule has 1 heterocycles. The monoisotopic (exact) mass is 251 g/mol. The largest absolute Gasteiger partial charge is 0.463 e. The minimum atomic E-state index is -0.475. The summed E-state index contributed by atoms with van der Waals surface area (Å²) in [4.78, 5) is 23.0. The van der Waals surface area contributed by atoms with Crippen LogP contribution in [-0.4, -0.2) is 28.3 Å². The number of ether oxygens (including phenoxy) is 1. The molecular formula is C12H17N3O3. The van der Waals surface area contributed by atoms with Gasteiger partial charge in [-0.1, -0.05) is 0 Å². The van der Waals surface area contributed by atoms with Crippen LogP contribution in [0.2, 0.25) is 0 Å². The standard InChI is InChI=1S/C12H17N3O3/c1-5-18-11(16)7-8(2)13-12(17)10-6-9(3)14-15(10)4/h6-7H,5H2,1-4H3,(H,13,17)/b8-7+. The maximum absolute atomic E-state index is 11.9. The van der Waals surface area contributed by atoms with E-state index in [0.29, 0.717) is 18.0 Å². The number of allylic oxidation sites excluding steroid dienone is 1. The van der Waals surface area contributed by atoms with Gasteiger partial charge in [-0.15, -0.1) is 0 Å². The van der Waals surface area contributed by atoms with Gasteiger partial charge in [0.25, 0.3) is 5.91 Å². The zero-order chi connectivity index (χ0) is 13.7. The van der Waals surface area contributed by atoms with Gasteiger partial charge in [0.15, 0.2) is 0 Å². The number of esters is 1. The second-order valence-corrected chi connectivity index (χ2v) is 3.83. The molecule has 0 fully saturated rings. The molecule has 1 aromatic rings. The average molecular weight is 251 g/mol. The molecule has 6 nitrogen and oxygen atoms in total. The molecule has 0 aliphatic rings. The van der Waals surface area contributed by atoms with Crippen molar-refractivity contribution in [3.8, 4) is 0 Å². The summed E-state index contributed by atoms with van der Waals surface area (Å²) in [5.41, 5.74) is 1.62. The van der Waals surface area contributed by atoms with Gasteiger partial charge in [0.2, 0.25) is 0 Å². The minimum Gasteiger partial charge on any atom is -0.463 e. The Morgan fingerprint density at radius 2 is 2.22 bits per heavy atom. The fourth-order valence-electron chi connectivity index (χ4n) is 1.46. The van der Waals surface area contributed by atoms with E-state index in [9.17, 15) is 9.59 Å². The maximum Gasteiger partial charge on any atom is 0.332 e. The van der Waals surface area contributed by atoms with E-state index in [0.717, 1.165) is 5.69 Å². The van der Waals surface area contributed by atoms with Crippen molar-refractivity contribution in [3.63, 3.8) is 0 Å². The zero-order valence-corrected chi connectivity index (χ0v) is 11.0. The van der Waals surface area contributed by atoms with Crippen molar-refractivity contribution in [2.45, 2.75) is 20.8 Å². The van der Waals surface area contributed by atoms with E-state index < -0.39 is 5.97 Å². The Bertz CT molecular complexity index is 489. The van der Waals surface area contributed by atoms with Crippen LogP contribution < -0.4 is 5.32 Å². The quantitative estimate of drug-likeness (QED) is 0.638. The van der Waals surface area contributed by atoms with E-state index in [4.69, 9.17) is 4.74 Å². The number of aromatic nitrogens is 2. The van der Waals surface area contributed by atoms with Crippen LogP contribution in [0, 0.1) is 6.92 Å². The Morgan fingerprint density at radius 3 is 2.72 bits per heavy atom. The van der Waals surface area contributed by atoms with Gasteiger partial charge >= 0.3 is 5.97 Å². The topological polar surface area (TPSA) is 73.2 Å². The van der Waals surface area contributed by atoms with E-state index in [-0.39, 0.29) is 5.91 Å². The first kappa shape index (κ1) is 14.0. The van der Waals surface area contributed by atoms with Crippen LogP contribution in [0.25, 0.3) is 0 Å². The lowest BCUT2D eigenvalue weighted by atomic mass is 10.3. The third-order valence-electron chi connectivity index (χ3n) is 2.17. The molecule has 1 amide bonds. The van der Waals surface area contributed by atoms with Gasteiger partial charge in [0.05, 0.1) is 12.3 Å². The minimum absolute atomic E-state index is 0.303. The van der Waals surface area contributed by atoms with Gasteiger partial charge in [-0.25, -0.2) is 4.79 Å². The number of nitrogens with zero attached hydrogens (tertiary/aromatic N) is 2. The maximum atomic E-state index is 11.9. The Labute approximate surface area is 106 Å². The number of amides is 1. The summed E-state index contributed by atoms with van der Waals surface area (Å²) in [5, 5.41) is 6.67. The van der Waals surface area contributed by atoms with Gasteiger partial charge in [0.1, 0.15) is 5.69 Å². The summed E-state index contributed by atoms with van der Waals surface area (Å²) in [6.07, 6.45) is 1.24. The highest BCUT2D eigenvalue weighted by Crippen LogP contribution is 2.02. The van der Waals surface area contributed by atoms with Crippen molar-refractivity contribution < 1.29 is 14.3 Å². The van der Waals surface area contributed by atoms with E-state index >= 15 is 0 Å². The van der Waals surface area contributed by atoms with Gasteiger partial charge < -0.3 is 10.1 Å². The molecular weight excluding hydrogens is 234 g/mol. The number of aryl methyl sites for hydroxylation is 2. The Kier molecular flexibility index (Phi) is 4.65. The predicted molar refractivity (Wildman–Crippen MR) is 65.8 cm³/mol. The highest BCUT2D eigenvalue weighted by molar-refractivity contribution is 5.94. The number of nitrogens with one attached hydrogen (secondary N) is 1. The molecule has 0 saturated carbocycles. The van der Waals surface area contributed by atoms with Crippen LogP contribution in [0.3, 0.4) is 0 Å². The molecule has 0 aliphatic heterocycles. The molecule has 0 unspecified atom stereocenters. The van der Waals surface area contributed by atoms with Crippen molar-refractivity contribution in [1.82, 2.24) is 15.1 Å². The van der Waals surface area contributed by atoms with Gasteiger partial charge in [-0.05, 0) is 26.8 Å². The Morgan fingerprint density at radius 1 is 1.56 bits per heavy atom. The first-order valence-electron chi connectivity index (χ1n) is 5.61. The van der Waals surface area contributed by atoms with E-state index in [1.807, 2.05) is 0 Å². The predicted octanol–water partition coefficient (Wildman–Crippen LogP) is 0.925. The number of hydrogen-bond acceptors (Lipinski definition) is 4. The van der Waals surface area contributed by atoms with Crippen LogP contribution in [0.1, 0.15) is 30.0 Å². The lowest BCUT2D eigenvalue weighted by Gasteiger charge is -2.05. The van der Waals surface area contributed by atoms with Crippen LogP contribution in [0.4, 0.5) is 0 Å². The van der Waals surface area contributed by atoms with E-state index in [2.05, 4.69) is 10.4 Å². The summed E-state index contributed by atoms with van der Waals surface area (Å²) in [5.74, 6) is -0.785. The summed E-state index contributed by atoms with van der Waals surface area (Å²) in [6, 6.07) is 1.67. The van der Waals surface area contributed by atoms with E-state index in [1.54, 1.807) is 33.9 Å². The fraction of sp³-hybridized carbons (Fsp3) is 0.417. The molecule has 0 spiro atoms. The van der Waals surface area contributed by atoms with E-state index in [1.165, 1.54) is 10.8 Å². The second kappa shape index (κ2) is 6.00. The summed E-state index contributed by atoms with van der Waals surface area (Å²) in [7, 11) is 1.69. The molecule has 1 rings (SSSR count). The molecule has 0 bridgehead atoms. The van der Waals surface area contributed by atoms with Gasteiger partial charge in [0, 0.05) is 18.8 Å². The SMILES string of the molecule is CCOC(=O)/C=C(\C)NC(=O)c1cc(C)nn1C. The first-order chi connectivity index (χ1) is 8.43. The number of carbonyl (C=O) groups excluding carboxylic acids is 2. The first-order valence-corrected chi connectivity index (χ1v) is 5.61. The summed E-state index contributed by atoms with van der Waals surface area (Å²) < 4.78 is 6.23. The molecule has 98 valence electrons. The smallest absolute Gasteiger partial charge is 0.332 e. The molecule has 0 radical (unpaired) electrons. The van der Waals surface area contributed by atoms with Crippen molar-refractivity contribution in [2.24, 2.45) is 7.05 Å². The molecule has 0 saturated heterocycles. The number of carbonyl (C=O) groups is 2. The molecule has 0 aromatic carbocycles. The molecule has 0 aliphatic carbocycles. The molecule has 1 aromatic heterocycles. The van der Waals surface area contributed by atoms with Crippen LogP contribution >= 0.6 is 0 Å². The third-order valence-corrected chi connectivity index (χ3v) is 2.17. The van der Waals surface area contributed by atoms with Crippen LogP contribution in [-0.2, 0) is 16.6 Å². The Balaban J connectivity index is 2.70. The van der Waals surface area contributed by atoms with Crippen molar-refractivity contribution in [2.75, 3.05) is 6.61 Å². The summed E-state index contributed by atoms with van der Waals surface area (Å²) in [6.45, 7) is 5.45. The molecule has 6 heteroatoms. The molecule has 1 N–H and O–H groups in total. The number of hydrogen-bond donors (Lipinski definition) is 1. The normalized spacial score (nSPS) is 11.2. The van der Waals surface area contributed by atoms with Crippen molar-refractivity contribution >= 4 is 11.9 Å². The highest BCUT2D eigenvalue weighted by Gasteiger charge is 2.12. The molecule has 18 heavy (non-hydrogen) atoms. The highest BCUT2D eigenvalue weighted by atomic mass is 16.5. The summed E-state index contributed by atoms with van der Waals surface area (Å²) >= 11 is 0. The lowest BCUT2D eigenvalue weighted by Crippen LogP contribution is -2.24. The lowest BCUT2D eigenvalue weighted by molar-refractivity contribution is -0.137. The van der Waals surface area contributed by atoms with Crippen molar-refractivity contribution in [1.29, 1.82) is 0 Å². The second-order valence-electron chi connectivity index (χ2n) is 3.83. The van der Waals surface area contributed by atoms with Gasteiger partial charge in [-0.3, -0.25) is 9.48 Å². The zero-order valence-electron chi connectivity index (χ0n) is 11.0. The third kappa shape index (κ3) is 3.73.